The number of urea groups is 1. The van der Waals surface area contributed by atoms with Gasteiger partial charge >= 0.3 is 6.03 Å². The van der Waals surface area contributed by atoms with Crippen LogP contribution >= 0.6 is 0 Å². The molecule has 3 amide bonds. The number of ether oxygens (including phenoxy) is 2. The fraction of sp³-hybridized carbons (Fsp3) is 0.556. The maximum atomic E-state index is 12.1. The van der Waals surface area contributed by atoms with Gasteiger partial charge in [0.05, 0.1) is 19.3 Å². The van der Waals surface area contributed by atoms with E-state index in [1.165, 1.54) is 7.11 Å². The Morgan fingerprint density at radius 2 is 2.12 bits per heavy atom. The lowest BCUT2D eigenvalue weighted by molar-refractivity contribution is 0.0960. The summed E-state index contributed by atoms with van der Waals surface area (Å²) in [6, 6.07) is 4.67. The van der Waals surface area contributed by atoms with Crippen LogP contribution in [0.2, 0.25) is 0 Å². The van der Waals surface area contributed by atoms with E-state index < -0.39 is 0 Å². The molecule has 1 heterocycles. The van der Waals surface area contributed by atoms with E-state index in [2.05, 4.69) is 20.9 Å². The molecule has 1 aromatic rings. The van der Waals surface area contributed by atoms with Crippen molar-refractivity contribution < 1.29 is 19.1 Å². The molecule has 0 bridgehead atoms. The van der Waals surface area contributed by atoms with Crippen LogP contribution in [0.15, 0.2) is 18.2 Å². The van der Waals surface area contributed by atoms with E-state index in [9.17, 15) is 9.59 Å². The van der Waals surface area contributed by atoms with E-state index in [-0.39, 0.29) is 11.9 Å². The summed E-state index contributed by atoms with van der Waals surface area (Å²) >= 11 is 0. The normalized spacial score (nSPS) is 17.0. The van der Waals surface area contributed by atoms with E-state index in [1.54, 1.807) is 32.4 Å². The third kappa shape index (κ3) is 5.60. The fourth-order valence-corrected chi connectivity index (χ4v) is 3.01. The lowest BCUT2D eigenvalue weighted by atomic mass is 10.1. The van der Waals surface area contributed by atoms with Crippen molar-refractivity contribution in [1.82, 2.24) is 15.5 Å². The van der Waals surface area contributed by atoms with Crippen LogP contribution in [-0.4, -0.2) is 70.9 Å². The number of amides is 3. The van der Waals surface area contributed by atoms with Crippen LogP contribution in [0.3, 0.4) is 0 Å². The van der Waals surface area contributed by atoms with Crippen molar-refractivity contribution in [3.05, 3.63) is 23.8 Å². The number of benzene rings is 1. The number of hydrogen-bond acceptors (Lipinski definition) is 5. The number of carbonyl (C=O) groups is 2. The van der Waals surface area contributed by atoms with Crippen molar-refractivity contribution in [1.29, 1.82) is 0 Å². The Bertz CT molecular complexity index is 623. The van der Waals surface area contributed by atoms with Gasteiger partial charge in [0.25, 0.3) is 5.91 Å². The van der Waals surface area contributed by atoms with Gasteiger partial charge in [0, 0.05) is 39.5 Å². The first-order valence-corrected chi connectivity index (χ1v) is 8.73. The highest BCUT2D eigenvalue weighted by Gasteiger charge is 2.22. The summed E-state index contributed by atoms with van der Waals surface area (Å²) in [6.45, 7) is 4.27. The minimum absolute atomic E-state index is 0.270. The molecule has 0 aliphatic carbocycles. The predicted octanol–water partition coefficient (Wildman–Crippen LogP) is 1.14. The molecule has 2 rings (SSSR count). The molecule has 1 aliphatic rings. The molecule has 144 valence electrons. The number of hydrogen-bond donors (Lipinski definition) is 3. The Kier molecular flexibility index (Phi) is 7.68. The van der Waals surface area contributed by atoms with Gasteiger partial charge < -0.3 is 30.3 Å². The fourth-order valence-electron chi connectivity index (χ4n) is 3.01. The molecule has 1 saturated heterocycles. The monoisotopic (exact) mass is 364 g/mol. The van der Waals surface area contributed by atoms with Crippen molar-refractivity contribution in [2.45, 2.75) is 6.42 Å². The zero-order valence-electron chi connectivity index (χ0n) is 15.6. The van der Waals surface area contributed by atoms with Crippen LogP contribution in [0.25, 0.3) is 0 Å². The zero-order chi connectivity index (χ0) is 18.9. The van der Waals surface area contributed by atoms with Crippen LogP contribution in [-0.2, 0) is 4.74 Å². The number of carbonyl (C=O) groups excluding carboxylic acids is 2. The van der Waals surface area contributed by atoms with E-state index in [0.717, 1.165) is 32.7 Å². The second kappa shape index (κ2) is 9.98. The Labute approximate surface area is 154 Å². The summed E-state index contributed by atoms with van der Waals surface area (Å²) in [5.74, 6) is 0.625. The minimum atomic E-state index is -0.284. The average molecular weight is 364 g/mol. The maximum Gasteiger partial charge on any atom is 0.319 e. The standard InChI is InChI=1S/C18H28N4O4/c1-19-17(23)15-10-14(4-5-16(15)26-3)21-18(24)20-11-13-6-7-22(12-13)8-9-25-2/h4-5,10,13H,6-9,11-12H2,1-3H3,(H,19,23)(H2,20,21,24)/t13-/m0/s1. The maximum absolute atomic E-state index is 12.1. The summed E-state index contributed by atoms with van der Waals surface area (Å²) in [5.41, 5.74) is 0.910. The highest BCUT2D eigenvalue weighted by Crippen LogP contribution is 2.22. The molecule has 0 saturated carbocycles. The lowest BCUT2D eigenvalue weighted by Gasteiger charge is -2.16. The molecule has 1 fully saturated rings. The van der Waals surface area contributed by atoms with Gasteiger partial charge in [-0.05, 0) is 37.1 Å². The van der Waals surface area contributed by atoms with Crippen molar-refractivity contribution in [3.8, 4) is 5.75 Å². The molecule has 1 atom stereocenters. The van der Waals surface area contributed by atoms with Gasteiger partial charge in [-0.3, -0.25) is 4.79 Å². The summed E-state index contributed by atoms with van der Waals surface area (Å²) in [5, 5.41) is 8.22. The van der Waals surface area contributed by atoms with Gasteiger partial charge in [0.2, 0.25) is 0 Å². The molecule has 0 spiro atoms. The predicted molar refractivity (Wildman–Crippen MR) is 99.8 cm³/mol. The summed E-state index contributed by atoms with van der Waals surface area (Å²) in [4.78, 5) is 26.4. The van der Waals surface area contributed by atoms with Crippen molar-refractivity contribution in [2.24, 2.45) is 5.92 Å². The summed E-state index contributed by atoms with van der Waals surface area (Å²) in [6.07, 6.45) is 1.06. The molecule has 26 heavy (non-hydrogen) atoms. The number of anilines is 1. The van der Waals surface area contributed by atoms with Gasteiger partial charge in [0.15, 0.2) is 0 Å². The summed E-state index contributed by atoms with van der Waals surface area (Å²) < 4.78 is 10.3. The van der Waals surface area contributed by atoms with Gasteiger partial charge in [0.1, 0.15) is 5.75 Å². The third-order valence-corrected chi connectivity index (χ3v) is 4.46. The van der Waals surface area contributed by atoms with E-state index in [0.29, 0.717) is 29.5 Å². The topological polar surface area (TPSA) is 91.9 Å². The average Bonchev–Trinajstić information content (AvgIpc) is 3.11. The molecule has 0 radical (unpaired) electrons. The lowest BCUT2D eigenvalue weighted by Crippen LogP contribution is -2.34. The molecule has 8 nitrogen and oxygen atoms in total. The molecular weight excluding hydrogens is 336 g/mol. The van der Waals surface area contributed by atoms with Crippen molar-refractivity contribution >= 4 is 17.6 Å². The smallest absolute Gasteiger partial charge is 0.319 e. The van der Waals surface area contributed by atoms with E-state index >= 15 is 0 Å². The number of nitrogens with one attached hydrogen (secondary N) is 3. The molecular formula is C18H28N4O4. The highest BCUT2D eigenvalue weighted by molar-refractivity contribution is 5.99. The largest absolute Gasteiger partial charge is 0.496 e. The number of likely N-dealkylation sites (tertiary alicyclic amines) is 1. The molecule has 0 unspecified atom stereocenters. The summed E-state index contributed by atoms with van der Waals surface area (Å²) in [7, 11) is 4.75. The van der Waals surface area contributed by atoms with Gasteiger partial charge in [-0.1, -0.05) is 0 Å². The van der Waals surface area contributed by atoms with Crippen molar-refractivity contribution in [2.75, 3.05) is 59.4 Å². The Balaban J connectivity index is 1.83. The second-order valence-electron chi connectivity index (χ2n) is 6.28. The Morgan fingerprint density at radius 1 is 1.31 bits per heavy atom. The van der Waals surface area contributed by atoms with Gasteiger partial charge in [-0.15, -0.1) is 0 Å². The van der Waals surface area contributed by atoms with Crippen LogP contribution in [0.1, 0.15) is 16.8 Å². The van der Waals surface area contributed by atoms with Crippen LogP contribution in [0.5, 0.6) is 5.75 Å². The first-order chi connectivity index (χ1) is 12.6. The highest BCUT2D eigenvalue weighted by atomic mass is 16.5. The SMILES string of the molecule is CNC(=O)c1cc(NC(=O)NC[C@@H]2CCN(CCOC)C2)ccc1OC. The zero-order valence-corrected chi connectivity index (χ0v) is 15.6. The van der Waals surface area contributed by atoms with Crippen LogP contribution < -0.4 is 20.7 Å². The molecule has 1 aliphatic heterocycles. The quantitative estimate of drug-likeness (QED) is 0.643. The number of methoxy groups -OCH3 is 2. The number of rotatable bonds is 8. The van der Waals surface area contributed by atoms with Crippen LogP contribution in [0, 0.1) is 5.92 Å². The van der Waals surface area contributed by atoms with Gasteiger partial charge in [-0.2, -0.15) is 0 Å². The Morgan fingerprint density at radius 3 is 2.81 bits per heavy atom. The first-order valence-electron chi connectivity index (χ1n) is 8.73. The molecule has 3 N–H and O–H groups in total. The van der Waals surface area contributed by atoms with Crippen molar-refractivity contribution in [3.63, 3.8) is 0 Å². The van der Waals surface area contributed by atoms with E-state index in [4.69, 9.17) is 9.47 Å². The number of nitrogens with zero attached hydrogens (tertiary/aromatic N) is 1. The van der Waals surface area contributed by atoms with Gasteiger partial charge in [-0.25, -0.2) is 4.79 Å². The molecule has 1 aromatic carbocycles. The third-order valence-electron chi connectivity index (χ3n) is 4.46. The Hall–Kier alpha value is -2.32. The molecule has 8 heteroatoms. The van der Waals surface area contributed by atoms with Crippen LogP contribution in [0.4, 0.5) is 10.5 Å². The van der Waals surface area contributed by atoms with E-state index in [1.807, 2.05) is 0 Å². The second-order valence-corrected chi connectivity index (χ2v) is 6.28. The minimum Gasteiger partial charge on any atom is -0.496 e. The first kappa shape index (κ1) is 20.0. The molecule has 0 aromatic heterocycles.